The Balaban J connectivity index is 1.35. The number of fused-ring (bicyclic) bond motifs is 1. The van der Waals surface area contributed by atoms with Gasteiger partial charge < -0.3 is 4.90 Å². The van der Waals surface area contributed by atoms with Gasteiger partial charge in [-0.15, -0.1) is 11.3 Å². The van der Waals surface area contributed by atoms with E-state index in [1.54, 1.807) is 4.57 Å². The van der Waals surface area contributed by atoms with Crippen molar-refractivity contribution < 1.29 is 4.79 Å². The van der Waals surface area contributed by atoms with E-state index in [4.69, 9.17) is 0 Å². The van der Waals surface area contributed by atoms with Crippen LogP contribution >= 0.6 is 23.1 Å². The number of carbonyl (C=O) groups is 1. The largest absolute Gasteiger partial charge is 0.339 e. The van der Waals surface area contributed by atoms with Crippen molar-refractivity contribution in [2.75, 3.05) is 31.9 Å². The van der Waals surface area contributed by atoms with Crippen molar-refractivity contribution in [1.29, 1.82) is 0 Å². The predicted octanol–water partition coefficient (Wildman–Crippen LogP) is 3.30. The highest BCUT2D eigenvalue weighted by Crippen LogP contribution is 2.22. The van der Waals surface area contributed by atoms with Crippen LogP contribution in [0.2, 0.25) is 0 Å². The van der Waals surface area contributed by atoms with Crippen LogP contribution < -0.4 is 5.56 Å². The first kappa shape index (κ1) is 21.1. The van der Waals surface area contributed by atoms with Gasteiger partial charge in [0.25, 0.3) is 5.56 Å². The van der Waals surface area contributed by atoms with Gasteiger partial charge in [-0.05, 0) is 23.4 Å². The van der Waals surface area contributed by atoms with Crippen LogP contribution in [-0.2, 0) is 17.9 Å². The Hall–Kier alpha value is -2.16. The van der Waals surface area contributed by atoms with Crippen LogP contribution in [0.15, 0.2) is 51.7 Å². The molecule has 0 atom stereocenters. The molecule has 3 heterocycles. The van der Waals surface area contributed by atoms with Gasteiger partial charge in [-0.3, -0.25) is 19.1 Å². The Morgan fingerprint density at radius 3 is 2.63 bits per heavy atom. The van der Waals surface area contributed by atoms with Gasteiger partial charge in [-0.1, -0.05) is 49.0 Å². The first-order chi connectivity index (χ1) is 14.7. The van der Waals surface area contributed by atoms with Crippen LogP contribution in [0.3, 0.4) is 0 Å². The van der Waals surface area contributed by atoms with Gasteiger partial charge in [0.15, 0.2) is 5.16 Å². The highest BCUT2D eigenvalue weighted by molar-refractivity contribution is 7.99. The predicted molar refractivity (Wildman–Crippen MR) is 123 cm³/mol. The molecule has 0 saturated carbocycles. The highest BCUT2D eigenvalue weighted by atomic mass is 32.2. The minimum atomic E-state index is 0.00123. The fraction of sp³-hybridized carbons (Fsp3) is 0.409. The zero-order chi connectivity index (χ0) is 20.9. The molecule has 0 aliphatic carbocycles. The minimum Gasteiger partial charge on any atom is -0.339 e. The molecule has 8 heteroatoms. The van der Waals surface area contributed by atoms with Crippen LogP contribution in [0, 0.1) is 0 Å². The van der Waals surface area contributed by atoms with Gasteiger partial charge in [-0.25, -0.2) is 4.98 Å². The Morgan fingerprint density at radius 2 is 1.90 bits per heavy atom. The van der Waals surface area contributed by atoms with Crippen molar-refractivity contribution in [3.8, 4) is 0 Å². The molecule has 0 bridgehead atoms. The number of amides is 1. The zero-order valence-electron chi connectivity index (χ0n) is 17.1. The quantitative estimate of drug-likeness (QED) is 0.415. The Morgan fingerprint density at radius 1 is 1.13 bits per heavy atom. The summed E-state index contributed by atoms with van der Waals surface area (Å²) >= 11 is 2.80. The van der Waals surface area contributed by atoms with E-state index in [1.807, 2.05) is 29.3 Å². The monoisotopic (exact) mass is 442 g/mol. The summed E-state index contributed by atoms with van der Waals surface area (Å²) in [5, 5.41) is 2.54. The molecule has 4 rings (SSSR count). The van der Waals surface area contributed by atoms with E-state index in [9.17, 15) is 9.59 Å². The molecule has 1 aliphatic heterocycles. The minimum absolute atomic E-state index is 0.00123. The molecule has 158 valence electrons. The number of thioether (sulfide) groups is 1. The second-order valence-electron chi connectivity index (χ2n) is 7.42. The standard InChI is InChI=1S/C22H26N4O2S2/c1-2-9-26-21(28)20-18(8-14-29-20)23-22(26)30-16-19(27)25-12-10-24(11-13-25)15-17-6-4-3-5-7-17/h3-8,14H,2,9-13,15-16H2,1H3. The summed E-state index contributed by atoms with van der Waals surface area (Å²) in [6.07, 6.45) is 0.851. The third-order valence-corrected chi connectivity index (χ3v) is 7.13. The fourth-order valence-electron chi connectivity index (χ4n) is 3.67. The van der Waals surface area contributed by atoms with E-state index in [-0.39, 0.29) is 11.5 Å². The molecule has 3 aromatic rings. The SMILES string of the molecule is CCCn1c(SCC(=O)N2CCN(Cc3ccccc3)CC2)nc2ccsc2c1=O. The van der Waals surface area contributed by atoms with E-state index in [2.05, 4.69) is 34.1 Å². The van der Waals surface area contributed by atoms with Crippen LogP contribution in [0.25, 0.3) is 10.2 Å². The van der Waals surface area contributed by atoms with Crippen molar-refractivity contribution in [1.82, 2.24) is 19.4 Å². The summed E-state index contributed by atoms with van der Waals surface area (Å²) in [6.45, 7) is 6.82. The number of thiophene rings is 1. The molecule has 1 fully saturated rings. The molecule has 1 aromatic carbocycles. The van der Waals surface area contributed by atoms with E-state index >= 15 is 0 Å². The third-order valence-electron chi connectivity index (χ3n) is 5.28. The maximum atomic E-state index is 12.8. The molecular weight excluding hydrogens is 416 g/mol. The summed E-state index contributed by atoms with van der Waals surface area (Å²) < 4.78 is 2.41. The molecular formula is C22H26N4O2S2. The number of aromatic nitrogens is 2. The molecule has 1 saturated heterocycles. The molecule has 0 spiro atoms. The van der Waals surface area contributed by atoms with Crippen molar-refractivity contribution in [3.63, 3.8) is 0 Å². The molecule has 0 radical (unpaired) electrons. The fourth-order valence-corrected chi connectivity index (χ4v) is 5.38. The Bertz CT molecular complexity index is 1060. The maximum Gasteiger partial charge on any atom is 0.272 e. The Kier molecular flexibility index (Phi) is 6.86. The third kappa shape index (κ3) is 4.77. The summed E-state index contributed by atoms with van der Waals surface area (Å²) in [5.41, 5.74) is 2.03. The van der Waals surface area contributed by atoms with E-state index in [1.165, 1.54) is 28.7 Å². The lowest BCUT2D eigenvalue weighted by Crippen LogP contribution is -2.48. The van der Waals surface area contributed by atoms with Gasteiger partial charge in [0, 0.05) is 39.3 Å². The van der Waals surface area contributed by atoms with Crippen LogP contribution in [-0.4, -0.2) is 57.2 Å². The van der Waals surface area contributed by atoms with Crippen molar-refractivity contribution in [2.24, 2.45) is 0 Å². The lowest BCUT2D eigenvalue weighted by molar-refractivity contribution is -0.130. The van der Waals surface area contributed by atoms with E-state index in [0.29, 0.717) is 22.2 Å². The number of carbonyl (C=O) groups excluding carboxylic acids is 1. The molecule has 0 unspecified atom stereocenters. The number of piperazine rings is 1. The van der Waals surface area contributed by atoms with E-state index in [0.717, 1.165) is 44.7 Å². The summed E-state index contributed by atoms with van der Waals surface area (Å²) in [7, 11) is 0. The number of hydrogen-bond donors (Lipinski definition) is 0. The maximum absolute atomic E-state index is 12.8. The smallest absolute Gasteiger partial charge is 0.272 e. The average molecular weight is 443 g/mol. The normalized spacial score (nSPS) is 15.0. The van der Waals surface area contributed by atoms with Gasteiger partial charge in [0.1, 0.15) is 4.70 Å². The second kappa shape index (κ2) is 9.76. The van der Waals surface area contributed by atoms with Crippen molar-refractivity contribution in [3.05, 3.63) is 57.7 Å². The van der Waals surface area contributed by atoms with Crippen molar-refractivity contribution >= 4 is 39.2 Å². The second-order valence-corrected chi connectivity index (χ2v) is 9.28. The average Bonchev–Trinajstić information content (AvgIpc) is 3.24. The van der Waals surface area contributed by atoms with Crippen LogP contribution in [0.1, 0.15) is 18.9 Å². The lowest BCUT2D eigenvalue weighted by Gasteiger charge is -2.34. The molecule has 1 aliphatic rings. The van der Waals surface area contributed by atoms with Gasteiger partial charge >= 0.3 is 0 Å². The number of hydrogen-bond acceptors (Lipinski definition) is 6. The lowest BCUT2D eigenvalue weighted by atomic mass is 10.2. The van der Waals surface area contributed by atoms with Gasteiger partial charge in [0.05, 0.1) is 11.3 Å². The molecule has 2 aromatic heterocycles. The van der Waals surface area contributed by atoms with Crippen LogP contribution in [0.4, 0.5) is 0 Å². The first-order valence-corrected chi connectivity index (χ1v) is 12.2. The highest BCUT2D eigenvalue weighted by Gasteiger charge is 2.22. The number of nitrogens with zero attached hydrogens (tertiary/aromatic N) is 4. The van der Waals surface area contributed by atoms with Crippen molar-refractivity contribution in [2.45, 2.75) is 31.6 Å². The molecule has 30 heavy (non-hydrogen) atoms. The molecule has 0 N–H and O–H groups in total. The zero-order valence-corrected chi connectivity index (χ0v) is 18.8. The molecule has 1 amide bonds. The molecule has 6 nitrogen and oxygen atoms in total. The summed E-state index contributed by atoms with van der Waals surface area (Å²) in [5.74, 6) is 0.423. The van der Waals surface area contributed by atoms with Gasteiger partial charge in [-0.2, -0.15) is 0 Å². The topological polar surface area (TPSA) is 58.4 Å². The Labute approximate surface area is 184 Å². The van der Waals surface area contributed by atoms with Gasteiger partial charge in [0.2, 0.25) is 5.91 Å². The summed E-state index contributed by atoms with van der Waals surface area (Å²) in [4.78, 5) is 34.5. The number of benzene rings is 1. The van der Waals surface area contributed by atoms with E-state index < -0.39 is 0 Å². The van der Waals surface area contributed by atoms with Crippen LogP contribution in [0.5, 0.6) is 0 Å². The first-order valence-electron chi connectivity index (χ1n) is 10.3. The number of rotatable bonds is 7. The summed E-state index contributed by atoms with van der Waals surface area (Å²) in [6, 6.07) is 12.3.